The van der Waals surface area contributed by atoms with Crippen LogP contribution in [0, 0.1) is 6.92 Å². The number of aliphatic hydroxyl groups excluding tert-OH is 1. The van der Waals surface area contributed by atoms with Gasteiger partial charge in [-0.1, -0.05) is 5.16 Å². The number of amides is 1. The highest BCUT2D eigenvalue weighted by molar-refractivity contribution is 5.86. The van der Waals surface area contributed by atoms with Crippen molar-refractivity contribution >= 4 is 12.1 Å². The topological polar surface area (TPSA) is 111 Å². The Morgan fingerprint density at radius 3 is 2.36 bits per heavy atom. The monoisotopic (exact) mass is 314 g/mol. The predicted molar refractivity (Wildman–Crippen MR) is 76.0 cm³/mol. The van der Waals surface area contributed by atoms with Crippen molar-refractivity contribution in [3.63, 3.8) is 0 Å². The molecule has 0 spiro atoms. The molecule has 22 heavy (non-hydrogen) atoms. The molecular formula is C14H22N2O6. The zero-order valence-corrected chi connectivity index (χ0v) is 13.6. The number of rotatable bonds is 4. The molecular weight excluding hydrogens is 292 g/mol. The number of hydrogen-bond donors (Lipinski definition) is 2. The van der Waals surface area contributed by atoms with Crippen LogP contribution in [0.15, 0.2) is 10.6 Å². The van der Waals surface area contributed by atoms with Gasteiger partial charge < -0.3 is 24.4 Å². The van der Waals surface area contributed by atoms with Gasteiger partial charge in [-0.05, 0) is 34.6 Å². The number of aryl methyl sites for hydroxylation is 1. The highest BCUT2D eigenvalue weighted by atomic mass is 16.6. The molecule has 1 amide bonds. The Morgan fingerprint density at radius 1 is 1.36 bits per heavy atom. The number of carbonyl (C=O) groups excluding carboxylic acids is 2. The van der Waals surface area contributed by atoms with Gasteiger partial charge in [0.15, 0.2) is 5.54 Å². The van der Waals surface area contributed by atoms with E-state index in [1.54, 1.807) is 27.7 Å². The first kappa shape index (κ1) is 18.0. The molecule has 8 nitrogen and oxygen atoms in total. The molecule has 0 saturated heterocycles. The Morgan fingerprint density at radius 2 is 1.95 bits per heavy atom. The quantitative estimate of drug-likeness (QED) is 0.809. The van der Waals surface area contributed by atoms with Crippen LogP contribution in [0.5, 0.6) is 0 Å². The Bertz CT molecular complexity index is 548. The largest absolute Gasteiger partial charge is 0.467 e. The number of methoxy groups -OCH3 is 1. The van der Waals surface area contributed by atoms with Crippen LogP contribution in [0.3, 0.4) is 0 Å². The molecule has 1 rings (SSSR count). The molecule has 0 aliphatic carbocycles. The Balaban J connectivity index is 3.04. The van der Waals surface area contributed by atoms with Crippen molar-refractivity contribution in [3.8, 4) is 0 Å². The SMILES string of the molecule is COC(=O)[C@@](C)(NC(=O)OC(C)(C)C)[C@@H](O)c1cc(C)on1. The molecule has 0 unspecified atom stereocenters. The van der Waals surface area contributed by atoms with Gasteiger partial charge in [-0.2, -0.15) is 0 Å². The van der Waals surface area contributed by atoms with Gasteiger partial charge in [0.1, 0.15) is 23.2 Å². The number of aliphatic hydroxyl groups is 1. The van der Waals surface area contributed by atoms with Gasteiger partial charge in [0.2, 0.25) is 0 Å². The van der Waals surface area contributed by atoms with Gasteiger partial charge in [-0.3, -0.25) is 0 Å². The minimum absolute atomic E-state index is 0.0986. The van der Waals surface area contributed by atoms with Crippen LogP contribution in [0.4, 0.5) is 4.79 Å². The Hall–Kier alpha value is -2.09. The molecule has 2 atom stereocenters. The highest BCUT2D eigenvalue weighted by Gasteiger charge is 2.46. The molecule has 0 saturated carbocycles. The number of carbonyl (C=O) groups is 2. The first-order valence-corrected chi connectivity index (χ1v) is 6.70. The zero-order chi connectivity index (χ0) is 17.1. The normalized spacial score (nSPS) is 15.6. The zero-order valence-electron chi connectivity index (χ0n) is 13.6. The van der Waals surface area contributed by atoms with E-state index >= 15 is 0 Å². The van der Waals surface area contributed by atoms with Crippen molar-refractivity contribution in [1.29, 1.82) is 0 Å². The third-order valence-electron chi connectivity index (χ3n) is 2.84. The van der Waals surface area contributed by atoms with E-state index in [9.17, 15) is 14.7 Å². The first-order valence-electron chi connectivity index (χ1n) is 6.70. The lowest BCUT2D eigenvalue weighted by molar-refractivity contribution is -0.153. The molecule has 0 radical (unpaired) electrons. The van der Waals surface area contributed by atoms with Crippen molar-refractivity contribution in [1.82, 2.24) is 10.5 Å². The van der Waals surface area contributed by atoms with Crippen molar-refractivity contribution in [2.45, 2.75) is 51.9 Å². The first-order chi connectivity index (χ1) is 9.99. The van der Waals surface area contributed by atoms with Crippen LogP contribution in [0.25, 0.3) is 0 Å². The summed E-state index contributed by atoms with van der Waals surface area (Å²) < 4.78 is 14.6. The maximum atomic E-state index is 12.0. The van der Waals surface area contributed by atoms with Crippen molar-refractivity contribution < 1.29 is 28.7 Å². The van der Waals surface area contributed by atoms with Crippen LogP contribution < -0.4 is 5.32 Å². The lowest BCUT2D eigenvalue weighted by Crippen LogP contribution is -2.57. The fourth-order valence-electron chi connectivity index (χ4n) is 1.77. The van der Waals surface area contributed by atoms with E-state index in [0.29, 0.717) is 5.76 Å². The van der Waals surface area contributed by atoms with Gasteiger partial charge in [0.25, 0.3) is 0 Å². The molecule has 0 aromatic carbocycles. The molecule has 124 valence electrons. The Kier molecular flexibility index (Phi) is 5.18. The summed E-state index contributed by atoms with van der Waals surface area (Å²) >= 11 is 0. The smallest absolute Gasteiger partial charge is 0.408 e. The van der Waals surface area contributed by atoms with E-state index in [4.69, 9.17) is 9.26 Å². The molecule has 8 heteroatoms. The second-order valence-corrected chi connectivity index (χ2v) is 6.09. The van der Waals surface area contributed by atoms with Crippen LogP contribution in [0.2, 0.25) is 0 Å². The molecule has 0 aliphatic rings. The summed E-state index contributed by atoms with van der Waals surface area (Å²) in [6.45, 7) is 8.00. The van der Waals surface area contributed by atoms with Crippen LogP contribution in [0.1, 0.15) is 45.3 Å². The van der Waals surface area contributed by atoms with Crippen LogP contribution in [-0.4, -0.2) is 40.6 Å². The number of hydrogen-bond acceptors (Lipinski definition) is 7. The molecule has 2 N–H and O–H groups in total. The summed E-state index contributed by atoms with van der Waals surface area (Å²) in [7, 11) is 1.15. The predicted octanol–water partition coefficient (Wildman–Crippen LogP) is 1.47. The van der Waals surface area contributed by atoms with E-state index in [1.165, 1.54) is 13.0 Å². The lowest BCUT2D eigenvalue weighted by atomic mass is 9.92. The van der Waals surface area contributed by atoms with Gasteiger partial charge >= 0.3 is 12.1 Å². The summed E-state index contributed by atoms with van der Waals surface area (Å²) in [5.41, 5.74) is -2.43. The van der Waals surface area contributed by atoms with Gasteiger partial charge in [0.05, 0.1) is 7.11 Å². The number of esters is 1. The molecule has 0 fully saturated rings. The van der Waals surface area contributed by atoms with Gasteiger partial charge in [-0.25, -0.2) is 9.59 Å². The minimum Gasteiger partial charge on any atom is -0.467 e. The van der Waals surface area contributed by atoms with Crippen LogP contribution >= 0.6 is 0 Å². The second-order valence-electron chi connectivity index (χ2n) is 6.09. The molecule has 0 aliphatic heterocycles. The van der Waals surface area contributed by atoms with Gasteiger partial charge in [-0.15, -0.1) is 0 Å². The lowest BCUT2D eigenvalue weighted by Gasteiger charge is -2.32. The number of nitrogens with one attached hydrogen (secondary N) is 1. The fourth-order valence-corrected chi connectivity index (χ4v) is 1.77. The van der Waals surface area contributed by atoms with E-state index in [-0.39, 0.29) is 5.69 Å². The average Bonchev–Trinajstić information content (AvgIpc) is 2.80. The summed E-state index contributed by atoms with van der Waals surface area (Å²) in [6, 6.07) is 1.46. The fraction of sp³-hybridized carbons (Fsp3) is 0.643. The summed E-state index contributed by atoms with van der Waals surface area (Å²) in [4.78, 5) is 24.0. The minimum atomic E-state index is -1.78. The Labute approximate surface area is 128 Å². The third kappa shape index (κ3) is 4.20. The van der Waals surface area contributed by atoms with Crippen LogP contribution in [-0.2, 0) is 14.3 Å². The molecule has 1 aromatic rings. The standard InChI is InChI=1S/C14H22N2O6/c1-8-7-9(16-22-8)10(17)14(5,11(18)20-6)15-12(19)21-13(2,3)4/h7,10,17H,1-6H3,(H,15,19)/t10-,14-/m0/s1. The summed E-state index contributed by atoms with van der Waals surface area (Å²) in [5, 5.41) is 16.4. The number of aromatic nitrogens is 1. The maximum Gasteiger partial charge on any atom is 0.408 e. The van der Waals surface area contributed by atoms with Crippen molar-refractivity contribution in [3.05, 3.63) is 17.5 Å². The molecule has 0 bridgehead atoms. The maximum absolute atomic E-state index is 12.0. The van der Waals surface area contributed by atoms with E-state index < -0.39 is 29.3 Å². The third-order valence-corrected chi connectivity index (χ3v) is 2.84. The molecule has 1 heterocycles. The van der Waals surface area contributed by atoms with E-state index in [0.717, 1.165) is 7.11 Å². The van der Waals surface area contributed by atoms with E-state index in [2.05, 4.69) is 15.2 Å². The second kappa shape index (κ2) is 6.35. The van der Waals surface area contributed by atoms with E-state index in [1.807, 2.05) is 0 Å². The number of alkyl carbamates (subject to hydrolysis) is 1. The number of nitrogens with zero attached hydrogens (tertiary/aromatic N) is 1. The van der Waals surface area contributed by atoms with Crippen molar-refractivity contribution in [2.24, 2.45) is 0 Å². The molecule has 1 aromatic heterocycles. The highest BCUT2D eigenvalue weighted by Crippen LogP contribution is 2.27. The summed E-state index contributed by atoms with van der Waals surface area (Å²) in [5.74, 6) is -0.384. The average molecular weight is 314 g/mol. The van der Waals surface area contributed by atoms with Gasteiger partial charge in [0, 0.05) is 6.07 Å². The summed E-state index contributed by atoms with van der Waals surface area (Å²) in [6.07, 6.45) is -2.33. The number of ether oxygens (including phenoxy) is 2. The van der Waals surface area contributed by atoms with Crippen molar-refractivity contribution in [2.75, 3.05) is 7.11 Å².